The van der Waals surface area contributed by atoms with Crippen LogP contribution in [0, 0.1) is 23.2 Å². The minimum absolute atomic E-state index is 0.148. The predicted molar refractivity (Wildman–Crippen MR) is 167 cm³/mol. The first kappa shape index (κ1) is 35.1. The van der Waals surface area contributed by atoms with Gasteiger partial charge in [-0.2, -0.15) is 0 Å². The molecule has 10 nitrogen and oxygen atoms in total. The lowest BCUT2D eigenvalue weighted by Crippen LogP contribution is -2.75. The number of hydrogen-bond donors (Lipinski definition) is 3. The second kappa shape index (κ2) is 14.8. The summed E-state index contributed by atoms with van der Waals surface area (Å²) in [5.74, 6) is -0.637. The second-order valence-corrected chi connectivity index (χ2v) is 13.2. The van der Waals surface area contributed by atoms with Crippen LogP contribution >= 0.6 is 0 Å². The van der Waals surface area contributed by atoms with Gasteiger partial charge < -0.3 is 43.7 Å². The summed E-state index contributed by atoms with van der Waals surface area (Å²) < 4.78 is 33.9. The summed E-state index contributed by atoms with van der Waals surface area (Å²) >= 11 is 0. The molecule has 1 aliphatic carbocycles. The van der Waals surface area contributed by atoms with Crippen LogP contribution in [-0.4, -0.2) is 85.8 Å². The van der Waals surface area contributed by atoms with Crippen molar-refractivity contribution in [3.8, 4) is 11.5 Å². The summed E-state index contributed by atoms with van der Waals surface area (Å²) in [5, 5.41) is 34.2. The highest BCUT2D eigenvalue weighted by Crippen LogP contribution is 2.68. The summed E-state index contributed by atoms with van der Waals surface area (Å²) in [6.07, 6.45) is -0.827. The zero-order valence-electron chi connectivity index (χ0n) is 27.4. The van der Waals surface area contributed by atoms with Gasteiger partial charge in [-0.3, -0.25) is 4.79 Å². The Bertz CT molecular complexity index is 1230. The van der Waals surface area contributed by atoms with Gasteiger partial charge in [0.05, 0.1) is 52.2 Å². The van der Waals surface area contributed by atoms with Crippen molar-refractivity contribution >= 4 is 5.97 Å². The van der Waals surface area contributed by atoms with E-state index in [0.717, 1.165) is 22.6 Å². The molecule has 1 unspecified atom stereocenters. The van der Waals surface area contributed by atoms with E-state index in [-0.39, 0.29) is 12.3 Å². The minimum atomic E-state index is -1.74. The third-order valence-corrected chi connectivity index (χ3v) is 9.72. The third-order valence-electron chi connectivity index (χ3n) is 9.72. The van der Waals surface area contributed by atoms with Crippen molar-refractivity contribution in [2.75, 3.05) is 41.2 Å². The van der Waals surface area contributed by atoms with E-state index in [9.17, 15) is 20.1 Å². The van der Waals surface area contributed by atoms with Crippen molar-refractivity contribution in [3.63, 3.8) is 0 Å². The van der Waals surface area contributed by atoms with Gasteiger partial charge in [-0.15, -0.1) is 0 Å². The summed E-state index contributed by atoms with van der Waals surface area (Å²) in [6, 6.07) is 15.2. The molecule has 1 saturated carbocycles. The van der Waals surface area contributed by atoms with Crippen LogP contribution in [-0.2, 0) is 37.0 Å². The van der Waals surface area contributed by atoms with Crippen molar-refractivity contribution in [3.05, 3.63) is 59.7 Å². The fourth-order valence-electron chi connectivity index (χ4n) is 7.49. The second-order valence-electron chi connectivity index (χ2n) is 13.2. The SMILES string of the molecule is COc1ccc(COCC[C@H](OC)[C@@H](O)[C@@H]2C(=O)O[C@]3(C(O)(CO)C[C@H](C)COCc4ccc(OC)cc4)[C@H]2CC3(C)C)cc1. The molecule has 1 saturated heterocycles. The maximum Gasteiger partial charge on any atom is 0.312 e. The maximum absolute atomic E-state index is 13.5. The first-order valence-corrected chi connectivity index (χ1v) is 15.6. The van der Waals surface area contributed by atoms with E-state index in [4.69, 9.17) is 28.4 Å². The molecular formula is C35H50O10. The van der Waals surface area contributed by atoms with E-state index in [1.807, 2.05) is 69.3 Å². The fraction of sp³-hybridized carbons (Fsp3) is 0.629. The van der Waals surface area contributed by atoms with Gasteiger partial charge in [0.2, 0.25) is 0 Å². The van der Waals surface area contributed by atoms with Gasteiger partial charge in [-0.05, 0) is 60.6 Å². The van der Waals surface area contributed by atoms with Crippen molar-refractivity contribution in [2.45, 2.75) is 76.7 Å². The molecule has 1 aliphatic heterocycles. The number of carbonyl (C=O) groups excluding carboxylic acids is 1. The zero-order valence-corrected chi connectivity index (χ0v) is 27.4. The number of aliphatic hydroxyl groups excluding tert-OH is 2. The van der Waals surface area contributed by atoms with E-state index in [0.29, 0.717) is 39.3 Å². The molecule has 0 spiro atoms. The molecule has 1 heterocycles. The number of fused-ring (bicyclic) bond motifs is 1. The zero-order chi connectivity index (χ0) is 32.8. The quantitative estimate of drug-likeness (QED) is 0.165. The van der Waals surface area contributed by atoms with Gasteiger partial charge in [0, 0.05) is 31.7 Å². The highest BCUT2D eigenvalue weighted by atomic mass is 16.6. The third kappa shape index (κ3) is 7.16. The van der Waals surface area contributed by atoms with E-state index in [1.54, 1.807) is 14.2 Å². The molecule has 2 aliphatic rings. The summed E-state index contributed by atoms with van der Waals surface area (Å²) in [6.45, 7) is 6.59. The lowest BCUT2D eigenvalue weighted by molar-refractivity contribution is -0.295. The molecule has 2 fully saturated rings. The Morgan fingerprint density at radius 1 is 0.956 bits per heavy atom. The number of methoxy groups -OCH3 is 3. The lowest BCUT2D eigenvalue weighted by Gasteiger charge is -2.63. The van der Waals surface area contributed by atoms with Crippen LogP contribution < -0.4 is 9.47 Å². The molecule has 0 aromatic heterocycles. The Labute approximate surface area is 266 Å². The Morgan fingerprint density at radius 2 is 1.51 bits per heavy atom. The standard InChI is InChI=1S/C35H50O10/c1-23(19-44-21-25-9-13-27(41-5)14-10-25)17-34(39,22-36)35-28(18-33(35,2)3)30(32(38)45-35)31(37)29(42-6)15-16-43-20-24-7-11-26(40-4)12-8-24/h7-14,23,28-31,36-37,39H,15-22H2,1-6H3/t23-,28-,29-,30+,31+,34?,35+/m0/s1. The van der Waals surface area contributed by atoms with Gasteiger partial charge in [0.25, 0.3) is 0 Å². The lowest BCUT2D eigenvalue weighted by atomic mass is 9.44. The highest BCUT2D eigenvalue weighted by Gasteiger charge is 2.79. The molecule has 3 N–H and O–H groups in total. The van der Waals surface area contributed by atoms with Gasteiger partial charge >= 0.3 is 5.97 Å². The van der Waals surface area contributed by atoms with Crippen molar-refractivity contribution in [1.82, 2.24) is 0 Å². The largest absolute Gasteiger partial charge is 0.497 e. The molecule has 0 amide bonds. The Kier molecular flexibility index (Phi) is 11.5. The first-order valence-electron chi connectivity index (χ1n) is 15.6. The maximum atomic E-state index is 13.5. The molecule has 45 heavy (non-hydrogen) atoms. The van der Waals surface area contributed by atoms with E-state index in [2.05, 4.69) is 0 Å². The minimum Gasteiger partial charge on any atom is -0.497 e. The summed E-state index contributed by atoms with van der Waals surface area (Å²) in [7, 11) is 4.72. The Morgan fingerprint density at radius 3 is 2.00 bits per heavy atom. The van der Waals surface area contributed by atoms with Crippen LogP contribution in [0.3, 0.4) is 0 Å². The molecule has 2 aromatic carbocycles. The number of ether oxygens (including phenoxy) is 6. The van der Waals surface area contributed by atoms with Crippen LogP contribution in [0.15, 0.2) is 48.5 Å². The fourth-order valence-corrected chi connectivity index (χ4v) is 7.49. The number of esters is 1. The number of benzene rings is 2. The van der Waals surface area contributed by atoms with Crippen LogP contribution in [0.5, 0.6) is 11.5 Å². The normalized spacial score (nSPS) is 25.3. The van der Waals surface area contributed by atoms with Gasteiger partial charge in [0.1, 0.15) is 17.1 Å². The molecular weight excluding hydrogens is 580 g/mol. The monoisotopic (exact) mass is 630 g/mol. The van der Waals surface area contributed by atoms with Gasteiger partial charge in [-0.25, -0.2) is 0 Å². The first-order chi connectivity index (χ1) is 21.4. The summed E-state index contributed by atoms with van der Waals surface area (Å²) in [4.78, 5) is 13.5. The molecule has 2 aromatic rings. The van der Waals surface area contributed by atoms with Crippen molar-refractivity contribution < 1.29 is 48.5 Å². The average Bonchev–Trinajstić information content (AvgIpc) is 3.30. The molecule has 7 atom stereocenters. The van der Waals surface area contributed by atoms with Crippen LogP contribution in [0.2, 0.25) is 0 Å². The van der Waals surface area contributed by atoms with Crippen LogP contribution in [0.25, 0.3) is 0 Å². The summed E-state index contributed by atoms with van der Waals surface area (Å²) in [5.41, 5.74) is -1.77. The van der Waals surface area contributed by atoms with Crippen molar-refractivity contribution in [1.29, 1.82) is 0 Å². The van der Waals surface area contributed by atoms with E-state index < -0.39 is 53.2 Å². The number of rotatable bonds is 18. The molecule has 4 rings (SSSR count). The van der Waals surface area contributed by atoms with E-state index in [1.165, 1.54) is 7.11 Å². The topological polar surface area (TPSA) is 133 Å². The van der Waals surface area contributed by atoms with Gasteiger partial charge in [-0.1, -0.05) is 45.0 Å². The van der Waals surface area contributed by atoms with E-state index >= 15 is 0 Å². The average molecular weight is 631 g/mol. The Hall–Kier alpha value is -2.73. The smallest absolute Gasteiger partial charge is 0.312 e. The molecule has 10 heteroatoms. The van der Waals surface area contributed by atoms with Gasteiger partial charge in [0.15, 0.2) is 5.60 Å². The number of carbonyl (C=O) groups is 1. The number of hydrogen-bond acceptors (Lipinski definition) is 10. The number of aliphatic hydroxyl groups is 3. The van der Waals surface area contributed by atoms with Crippen LogP contribution in [0.4, 0.5) is 0 Å². The molecule has 0 bridgehead atoms. The Balaban J connectivity index is 1.38. The molecule has 250 valence electrons. The van der Waals surface area contributed by atoms with Crippen LogP contribution in [0.1, 0.15) is 51.2 Å². The predicted octanol–water partition coefficient (Wildman–Crippen LogP) is 3.91. The molecule has 0 radical (unpaired) electrons. The van der Waals surface area contributed by atoms with Crippen molar-refractivity contribution in [2.24, 2.45) is 23.2 Å². The highest BCUT2D eigenvalue weighted by molar-refractivity contribution is 5.78.